The topological polar surface area (TPSA) is 64.9 Å². The van der Waals surface area contributed by atoms with Crippen LogP contribution in [0.5, 0.6) is 0 Å². The molecule has 22 heavy (non-hydrogen) atoms. The minimum atomic E-state index is -0.0155. The maximum absolute atomic E-state index is 12.0. The van der Waals surface area contributed by atoms with Gasteiger partial charge in [-0.2, -0.15) is 5.26 Å². The van der Waals surface area contributed by atoms with Crippen molar-refractivity contribution in [3.63, 3.8) is 0 Å². The molecule has 4 heteroatoms. The summed E-state index contributed by atoms with van der Waals surface area (Å²) < 4.78 is 0. The average molecular weight is 293 g/mol. The lowest BCUT2D eigenvalue weighted by atomic mass is 10.1. The van der Waals surface area contributed by atoms with Gasteiger partial charge in [-0.05, 0) is 24.6 Å². The summed E-state index contributed by atoms with van der Waals surface area (Å²) in [6, 6.07) is 19.2. The monoisotopic (exact) mass is 293 g/mol. The molecule has 0 aliphatic carbocycles. The smallest absolute Gasteiger partial charge is 0.222 e. The highest BCUT2D eigenvalue weighted by Crippen LogP contribution is 2.14. The van der Waals surface area contributed by atoms with Gasteiger partial charge in [0.15, 0.2) is 0 Å². The highest BCUT2D eigenvalue weighted by Gasteiger charge is 2.09. The van der Waals surface area contributed by atoms with Crippen molar-refractivity contribution in [1.29, 1.82) is 5.26 Å². The number of nitrogens with zero attached hydrogens (tertiary/aromatic N) is 1. The second-order valence-corrected chi connectivity index (χ2v) is 5.03. The Balaban J connectivity index is 1.80. The summed E-state index contributed by atoms with van der Waals surface area (Å²) in [5, 5.41) is 15.1. The SMILES string of the molecule is CC(NC(=O)CCNc1ccccc1C#N)c1ccccc1. The highest BCUT2D eigenvalue weighted by atomic mass is 16.1. The fourth-order valence-electron chi connectivity index (χ4n) is 2.18. The summed E-state index contributed by atoms with van der Waals surface area (Å²) >= 11 is 0. The van der Waals surface area contributed by atoms with Gasteiger partial charge in [0.25, 0.3) is 0 Å². The molecule has 0 aromatic heterocycles. The van der Waals surface area contributed by atoms with Gasteiger partial charge in [0.2, 0.25) is 5.91 Å². The predicted molar refractivity (Wildman–Crippen MR) is 87.3 cm³/mol. The van der Waals surface area contributed by atoms with Gasteiger partial charge in [0, 0.05) is 13.0 Å². The molecule has 1 amide bonds. The lowest BCUT2D eigenvalue weighted by molar-refractivity contribution is -0.121. The van der Waals surface area contributed by atoms with E-state index < -0.39 is 0 Å². The molecule has 0 aliphatic heterocycles. The Labute approximate surface area is 130 Å². The van der Waals surface area contributed by atoms with Crippen LogP contribution in [0.1, 0.15) is 30.5 Å². The van der Waals surface area contributed by atoms with Gasteiger partial charge in [-0.3, -0.25) is 4.79 Å². The number of amides is 1. The van der Waals surface area contributed by atoms with E-state index in [1.807, 2.05) is 55.5 Å². The van der Waals surface area contributed by atoms with Gasteiger partial charge in [-0.1, -0.05) is 42.5 Å². The Morgan fingerprint density at radius 1 is 1.14 bits per heavy atom. The van der Waals surface area contributed by atoms with Crippen molar-refractivity contribution in [1.82, 2.24) is 5.32 Å². The third kappa shape index (κ3) is 4.35. The first-order valence-electron chi connectivity index (χ1n) is 7.28. The Morgan fingerprint density at radius 3 is 2.55 bits per heavy atom. The molecule has 0 saturated carbocycles. The molecule has 0 saturated heterocycles. The molecule has 4 nitrogen and oxygen atoms in total. The Morgan fingerprint density at radius 2 is 1.82 bits per heavy atom. The van der Waals surface area contributed by atoms with Crippen molar-refractivity contribution in [3.8, 4) is 6.07 Å². The Bertz CT molecular complexity index is 662. The minimum Gasteiger partial charge on any atom is -0.383 e. The number of nitriles is 1. The van der Waals surface area contributed by atoms with E-state index in [0.29, 0.717) is 18.5 Å². The molecule has 2 N–H and O–H groups in total. The summed E-state index contributed by atoms with van der Waals surface area (Å²) in [5.41, 5.74) is 2.42. The van der Waals surface area contributed by atoms with Gasteiger partial charge in [0.05, 0.1) is 17.3 Å². The van der Waals surface area contributed by atoms with E-state index in [4.69, 9.17) is 5.26 Å². The largest absolute Gasteiger partial charge is 0.383 e. The maximum Gasteiger partial charge on any atom is 0.222 e. The van der Waals surface area contributed by atoms with Crippen molar-refractivity contribution < 1.29 is 4.79 Å². The summed E-state index contributed by atoms with van der Waals surface area (Å²) in [5.74, 6) is -0.0155. The number of carbonyl (C=O) groups is 1. The van der Waals surface area contributed by atoms with E-state index >= 15 is 0 Å². The van der Waals surface area contributed by atoms with Crippen LogP contribution in [-0.4, -0.2) is 12.5 Å². The maximum atomic E-state index is 12.0. The zero-order valence-electron chi connectivity index (χ0n) is 12.5. The summed E-state index contributed by atoms with van der Waals surface area (Å²) in [6.07, 6.45) is 0.358. The molecule has 112 valence electrons. The third-order valence-corrected chi connectivity index (χ3v) is 3.39. The molecule has 1 unspecified atom stereocenters. The van der Waals surface area contributed by atoms with E-state index in [1.165, 1.54) is 0 Å². The standard InChI is InChI=1S/C18H19N3O/c1-14(15-7-3-2-4-8-15)21-18(22)11-12-20-17-10-6-5-9-16(17)13-19/h2-10,14,20H,11-12H2,1H3,(H,21,22). The third-order valence-electron chi connectivity index (χ3n) is 3.39. The molecule has 2 aromatic rings. The molecule has 0 aliphatic rings. The van der Waals surface area contributed by atoms with Crippen LogP contribution in [0, 0.1) is 11.3 Å². The van der Waals surface area contributed by atoms with Gasteiger partial charge in [-0.15, -0.1) is 0 Å². The Kier molecular flexibility index (Phi) is 5.56. The van der Waals surface area contributed by atoms with E-state index in [9.17, 15) is 4.79 Å². The quantitative estimate of drug-likeness (QED) is 0.859. The normalized spacial score (nSPS) is 11.3. The van der Waals surface area contributed by atoms with Crippen molar-refractivity contribution in [2.75, 3.05) is 11.9 Å². The number of anilines is 1. The molecule has 0 radical (unpaired) electrons. The van der Waals surface area contributed by atoms with E-state index in [2.05, 4.69) is 16.7 Å². The number of carbonyl (C=O) groups excluding carboxylic acids is 1. The number of hydrogen-bond donors (Lipinski definition) is 2. The second-order valence-electron chi connectivity index (χ2n) is 5.03. The summed E-state index contributed by atoms with van der Waals surface area (Å²) in [7, 11) is 0. The van der Waals surface area contributed by atoms with Crippen molar-refractivity contribution in [2.24, 2.45) is 0 Å². The summed E-state index contributed by atoms with van der Waals surface area (Å²) in [6.45, 7) is 2.46. The number of rotatable bonds is 6. The molecule has 0 fully saturated rings. The minimum absolute atomic E-state index is 0.0138. The molecular formula is C18H19N3O. The number of para-hydroxylation sites is 1. The molecule has 0 bridgehead atoms. The molecule has 0 spiro atoms. The van der Waals surface area contributed by atoms with Crippen molar-refractivity contribution >= 4 is 11.6 Å². The fourth-order valence-corrected chi connectivity index (χ4v) is 2.18. The van der Waals surface area contributed by atoms with E-state index in [1.54, 1.807) is 6.07 Å². The van der Waals surface area contributed by atoms with Gasteiger partial charge < -0.3 is 10.6 Å². The zero-order chi connectivity index (χ0) is 15.8. The van der Waals surface area contributed by atoms with Crippen molar-refractivity contribution in [3.05, 3.63) is 65.7 Å². The lowest BCUT2D eigenvalue weighted by Gasteiger charge is -2.14. The molecular weight excluding hydrogens is 274 g/mol. The molecule has 2 aromatic carbocycles. The van der Waals surface area contributed by atoms with Gasteiger partial charge >= 0.3 is 0 Å². The molecule has 1 atom stereocenters. The highest BCUT2D eigenvalue weighted by molar-refractivity contribution is 5.77. The van der Waals surface area contributed by atoms with Crippen LogP contribution in [0.15, 0.2) is 54.6 Å². The van der Waals surface area contributed by atoms with Crippen LogP contribution in [0.3, 0.4) is 0 Å². The summed E-state index contributed by atoms with van der Waals surface area (Å²) in [4.78, 5) is 12.0. The Hall–Kier alpha value is -2.80. The molecule has 0 heterocycles. The number of benzene rings is 2. The van der Waals surface area contributed by atoms with Crippen LogP contribution < -0.4 is 10.6 Å². The van der Waals surface area contributed by atoms with Crippen LogP contribution in [0.25, 0.3) is 0 Å². The number of nitrogens with one attached hydrogen (secondary N) is 2. The van der Waals surface area contributed by atoms with Gasteiger partial charge in [-0.25, -0.2) is 0 Å². The molecule has 2 rings (SSSR count). The predicted octanol–water partition coefficient (Wildman–Crippen LogP) is 3.24. The van der Waals surface area contributed by atoms with Crippen LogP contribution in [0.2, 0.25) is 0 Å². The van der Waals surface area contributed by atoms with Crippen LogP contribution in [0.4, 0.5) is 5.69 Å². The number of hydrogen-bond acceptors (Lipinski definition) is 3. The first-order chi connectivity index (χ1) is 10.7. The van der Waals surface area contributed by atoms with Crippen LogP contribution in [-0.2, 0) is 4.79 Å². The first kappa shape index (κ1) is 15.6. The second kappa shape index (κ2) is 7.84. The van der Waals surface area contributed by atoms with Gasteiger partial charge in [0.1, 0.15) is 6.07 Å². The lowest BCUT2D eigenvalue weighted by Crippen LogP contribution is -2.28. The van der Waals surface area contributed by atoms with Crippen molar-refractivity contribution in [2.45, 2.75) is 19.4 Å². The zero-order valence-corrected chi connectivity index (χ0v) is 12.5. The fraction of sp³-hybridized carbons (Fsp3) is 0.222. The van der Waals surface area contributed by atoms with Crippen LogP contribution >= 0.6 is 0 Å². The average Bonchev–Trinajstić information content (AvgIpc) is 2.56. The van der Waals surface area contributed by atoms with E-state index in [0.717, 1.165) is 11.3 Å². The van der Waals surface area contributed by atoms with E-state index in [-0.39, 0.29) is 11.9 Å². The first-order valence-corrected chi connectivity index (χ1v) is 7.28.